The second kappa shape index (κ2) is 11.3. The first kappa shape index (κ1) is 24.0. The van der Waals surface area contributed by atoms with Gasteiger partial charge in [-0.15, -0.1) is 0 Å². The Kier molecular flexibility index (Phi) is 7.96. The first-order valence-electron chi connectivity index (χ1n) is 12.4. The summed E-state index contributed by atoms with van der Waals surface area (Å²) in [5.74, 6) is 0.748. The first-order chi connectivity index (χ1) is 16.5. The second-order valence-electron chi connectivity index (χ2n) is 9.57. The van der Waals surface area contributed by atoms with Crippen molar-refractivity contribution in [2.24, 2.45) is 0 Å². The van der Waals surface area contributed by atoms with Gasteiger partial charge in [0.1, 0.15) is 11.9 Å². The molecular formula is C26H35N7O. The van der Waals surface area contributed by atoms with Gasteiger partial charge in [-0.05, 0) is 58.2 Å². The zero-order chi connectivity index (χ0) is 23.9. The van der Waals surface area contributed by atoms with Gasteiger partial charge >= 0.3 is 6.03 Å². The molecule has 2 atom stereocenters. The maximum absolute atomic E-state index is 13.2. The van der Waals surface area contributed by atoms with Crippen LogP contribution in [0.5, 0.6) is 0 Å². The Morgan fingerprint density at radius 3 is 2.32 bits per heavy atom. The van der Waals surface area contributed by atoms with Gasteiger partial charge in [0.25, 0.3) is 0 Å². The van der Waals surface area contributed by atoms with Gasteiger partial charge < -0.3 is 15.1 Å². The number of benzene rings is 1. The van der Waals surface area contributed by atoms with E-state index in [1.54, 1.807) is 6.20 Å². The molecule has 0 radical (unpaired) electrons. The van der Waals surface area contributed by atoms with Crippen molar-refractivity contribution in [2.45, 2.75) is 64.2 Å². The molecule has 34 heavy (non-hydrogen) atoms. The van der Waals surface area contributed by atoms with Crippen LogP contribution in [0.15, 0.2) is 42.7 Å². The van der Waals surface area contributed by atoms with E-state index in [9.17, 15) is 4.79 Å². The van der Waals surface area contributed by atoms with Gasteiger partial charge in [-0.25, -0.2) is 14.8 Å². The van der Waals surface area contributed by atoms with Crippen LogP contribution < -0.4 is 10.2 Å². The topological polar surface area (TPSA) is 88.4 Å². The molecule has 2 aromatic rings. The van der Waals surface area contributed by atoms with Gasteiger partial charge in [0.2, 0.25) is 0 Å². The highest BCUT2D eigenvalue weighted by molar-refractivity contribution is 5.75. The molecule has 0 unspecified atom stereocenters. The van der Waals surface area contributed by atoms with Crippen molar-refractivity contribution in [3.8, 4) is 6.07 Å². The van der Waals surface area contributed by atoms with Crippen LogP contribution in [0.25, 0.3) is 0 Å². The molecule has 8 nitrogen and oxygen atoms in total. The van der Waals surface area contributed by atoms with Crippen LogP contribution in [-0.4, -0.2) is 70.1 Å². The van der Waals surface area contributed by atoms with Gasteiger partial charge in [-0.3, -0.25) is 4.90 Å². The molecule has 2 aliphatic rings. The lowest BCUT2D eigenvalue weighted by molar-refractivity contribution is 0.135. The van der Waals surface area contributed by atoms with Gasteiger partial charge in [-0.2, -0.15) is 5.26 Å². The van der Waals surface area contributed by atoms with Gasteiger partial charge in [0.15, 0.2) is 5.69 Å². The molecule has 2 saturated heterocycles. The number of likely N-dealkylation sites (tertiary alicyclic amines) is 1. The number of carbonyl (C=O) groups is 1. The minimum Gasteiger partial charge on any atom is -0.351 e. The highest BCUT2D eigenvalue weighted by Gasteiger charge is 2.34. The number of amides is 2. The van der Waals surface area contributed by atoms with E-state index in [2.05, 4.69) is 69.3 Å². The Bertz CT molecular complexity index is 953. The number of urea groups is 1. The summed E-state index contributed by atoms with van der Waals surface area (Å²) in [6.07, 6.45) is 7.35. The Labute approximate surface area is 202 Å². The molecule has 1 aromatic carbocycles. The van der Waals surface area contributed by atoms with Crippen molar-refractivity contribution in [2.75, 3.05) is 31.1 Å². The lowest BCUT2D eigenvalue weighted by Gasteiger charge is -2.45. The Hall–Kier alpha value is -3.18. The van der Waals surface area contributed by atoms with E-state index in [1.807, 2.05) is 11.0 Å². The smallest absolute Gasteiger partial charge is 0.318 e. The summed E-state index contributed by atoms with van der Waals surface area (Å²) >= 11 is 0. The minimum absolute atomic E-state index is 0.0391. The molecule has 0 spiro atoms. The second-order valence-corrected chi connectivity index (χ2v) is 9.57. The standard InChI is InChI=1S/C26H35N7O/c1-20-17-32(25-16-28-24(14-27)15-29-25)18-21(2)33(20)26(34)30-23-10-6-12-31(13-7-11-23)19-22-8-4-3-5-9-22/h3-5,8-9,15-16,20-21,23H,6-7,10-13,17-19H2,1-2H3,(H,30,34)/t20-,21+. The molecule has 0 bridgehead atoms. The molecule has 4 rings (SSSR count). The maximum Gasteiger partial charge on any atom is 0.318 e. The molecule has 2 fully saturated rings. The fourth-order valence-electron chi connectivity index (χ4n) is 5.22. The normalized spacial score (nSPS) is 22.5. The molecule has 8 heteroatoms. The maximum atomic E-state index is 13.2. The molecular weight excluding hydrogens is 426 g/mol. The summed E-state index contributed by atoms with van der Waals surface area (Å²) in [5, 5.41) is 12.3. The molecule has 2 aliphatic heterocycles. The summed E-state index contributed by atoms with van der Waals surface area (Å²) in [5.41, 5.74) is 1.67. The quantitative estimate of drug-likeness (QED) is 0.751. The molecule has 1 N–H and O–H groups in total. The number of nitrogens with one attached hydrogen (secondary N) is 1. The fourth-order valence-corrected chi connectivity index (χ4v) is 5.22. The Morgan fingerprint density at radius 2 is 1.74 bits per heavy atom. The van der Waals surface area contributed by atoms with Crippen LogP contribution in [0.4, 0.5) is 10.6 Å². The Balaban J connectivity index is 1.27. The average molecular weight is 462 g/mol. The van der Waals surface area contributed by atoms with E-state index >= 15 is 0 Å². The third-order valence-corrected chi connectivity index (χ3v) is 6.86. The van der Waals surface area contributed by atoms with E-state index in [4.69, 9.17) is 5.26 Å². The number of nitrogens with zero attached hydrogens (tertiary/aromatic N) is 6. The molecule has 0 saturated carbocycles. The lowest BCUT2D eigenvalue weighted by atomic mass is 10.0. The molecule has 2 amide bonds. The summed E-state index contributed by atoms with van der Waals surface area (Å²) in [6, 6.07) is 13.0. The summed E-state index contributed by atoms with van der Waals surface area (Å²) < 4.78 is 0. The van der Waals surface area contributed by atoms with Crippen molar-refractivity contribution in [3.05, 3.63) is 54.0 Å². The number of hydrogen-bond donors (Lipinski definition) is 1. The number of rotatable bonds is 4. The predicted molar refractivity (Wildman–Crippen MR) is 132 cm³/mol. The molecule has 3 heterocycles. The number of hydrogen-bond acceptors (Lipinski definition) is 6. The number of piperazine rings is 1. The molecule has 0 aliphatic carbocycles. The SMILES string of the molecule is C[C@@H]1CN(c2cnc(C#N)cn2)C[C@H](C)N1C(=O)NC1CCCN(Cc2ccccc2)CCC1. The van der Waals surface area contributed by atoms with Crippen LogP contribution in [-0.2, 0) is 6.54 Å². The summed E-state index contributed by atoms with van der Waals surface area (Å²) in [7, 11) is 0. The van der Waals surface area contributed by atoms with Crippen LogP contribution in [0.1, 0.15) is 50.8 Å². The highest BCUT2D eigenvalue weighted by Crippen LogP contribution is 2.22. The van der Waals surface area contributed by atoms with E-state index in [1.165, 1.54) is 11.8 Å². The largest absolute Gasteiger partial charge is 0.351 e. The third kappa shape index (κ3) is 6.03. The number of aromatic nitrogens is 2. The Morgan fingerprint density at radius 1 is 1.06 bits per heavy atom. The summed E-state index contributed by atoms with van der Waals surface area (Å²) in [6.45, 7) is 8.68. The zero-order valence-electron chi connectivity index (χ0n) is 20.2. The van der Waals surface area contributed by atoms with Gasteiger partial charge in [0, 0.05) is 37.8 Å². The van der Waals surface area contributed by atoms with Crippen molar-refractivity contribution in [1.29, 1.82) is 5.26 Å². The van der Waals surface area contributed by atoms with E-state index < -0.39 is 0 Å². The van der Waals surface area contributed by atoms with Crippen molar-refractivity contribution >= 4 is 11.8 Å². The van der Waals surface area contributed by atoms with Gasteiger partial charge in [-0.1, -0.05) is 30.3 Å². The lowest BCUT2D eigenvalue weighted by Crippen LogP contribution is -2.62. The molecule has 180 valence electrons. The van der Waals surface area contributed by atoms with Crippen molar-refractivity contribution < 1.29 is 4.79 Å². The number of carbonyl (C=O) groups excluding carboxylic acids is 1. The van der Waals surface area contributed by atoms with E-state index in [-0.39, 0.29) is 24.2 Å². The minimum atomic E-state index is 0.0391. The fraction of sp³-hybridized carbons (Fsp3) is 0.538. The first-order valence-corrected chi connectivity index (χ1v) is 12.4. The zero-order valence-corrected chi connectivity index (χ0v) is 20.2. The third-order valence-electron chi connectivity index (χ3n) is 6.86. The predicted octanol–water partition coefficient (Wildman–Crippen LogP) is 3.40. The van der Waals surface area contributed by atoms with Crippen molar-refractivity contribution in [3.63, 3.8) is 0 Å². The van der Waals surface area contributed by atoms with Crippen LogP contribution >= 0.6 is 0 Å². The van der Waals surface area contributed by atoms with Gasteiger partial charge in [0.05, 0.1) is 12.4 Å². The number of anilines is 1. The van der Waals surface area contributed by atoms with Crippen molar-refractivity contribution in [1.82, 2.24) is 25.1 Å². The highest BCUT2D eigenvalue weighted by atomic mass is 16.2. The van der Waals surface area contributed by atoms with Crippen LogP contribution in [0.3, 0.4) is 0 Å². The monoisotopic (exact) mass is 461 g/mol. The number of nitriles is 1. The van der Waals surface area contributed by atoms with Crippen LogP contribution in [0, 0.1) is 11.3 Å². The summed E-state index contributed by atoms with van der Waals surface area (Å²) in [4.78, 5) is 28.4. The van der Waals surface area contributed by atoms with E-state index in [0.717, 1.165) is 51.1 Å². The average Bonchev–Trinajstić information content (AvgIpc) is 2.82. The van der Waals surface area contributed by atoms with Crippen LogP contribution in [0.2, 0.25) is 0 Å². The molecule has 1 aromatic heterocycles. The van der Waals surface area contributed by atoms with E-state index in [0.29, 0.717) is 18.8 Å².